The number of aryl methyl sites for hydroxylation is 1. The second-order valence-corrected chi connectivity index (χ2v) is 5.04. The molecular formula is C14H16FN3O3. The maximum Gasteiger partial charge on any atom is 0.356 e. The summed E-state index contributed by atoms with van der Waals surface area (Å²) in [4.78, 5) is 12.7. The van der Waals surface area contributed by atoms with Gasteiger partial charge in [-0.3, -0.25) is 4.68 Å². The van der Waals surface area contributed by atoms with Crippen molar-refractivity contribution in [3.05, 3.63) is 35.3 Å². The van der Waals surface area contributed by atoms with E-state index in [2.05, 4.69) is 5.10 Å². The zero-order valence-corrected chi connectivity index (χ0v) is 12.0. The number of benzene rings is 1. The number of aromatic nitrogens is 2. The van der Waals surface area contributed by atoms with Gasteiger partial charge in [-0.15, -0.1) is 0 Å². The predicted octanol–water partition coefficient (Wildman–Crippen LogP) is 1.69. The lowest BCUT2D eigenvalue weighted by molar-refractivity contribution is 0.0689. The van der Waals surface area contributed by atoms with Gasteiger partial charge < -0.3 is 15.1 Å². The van der Waals surface area contributed by atoms with Gasteiger partial charge >= 0.3 is 5.97 Å². The number of carboxylic acids is 1. The number of nitrogens with zero attached hydrogens (tertiary/aromatic N) is 3. The quantitative estimate of drug-likeness (QED) is 0.897. The van der Waals surface area contributed by atoms with Gasteiger partial charge in [0.1, 0.15) is 11.6 Å². The molecule has 0 spiro atoms. The van der Waals surface area contributed by atoms with E-state index >= 15 is 0 Å². The van der Waals surface area contributed by atoms with Crippen molar-refractivity contribution in [2.45, 2.75) is 6.54 Å². The smallest absolute Gasteiger partial charge is 0.356 e. The summed E-state index contributed by atoms with van der Waals surface area (Å²) in [7, 11) is 5.14. The molecule has 21 heavy (non-hydrogen) atoms. The molecule has 7 heteroatoms. The standard InChI is InChI=1S/C14H16FN3O3/c1-17(2)7-8-4-9(15)5-10(13(8)19)12-6-11(14(20)21)16-18(12)3/h4-6,19H,7H2,1-3H3,(H,20,21). The summed E-state index contributed by atoms with van der Waals surface area (Å²) in [6, 6.07) is 3.72. The number of carboxylic acid groups (broad SMARTS) is 1. The highest BCUT2D eigenvalue weighted by molar-refractivity contribution is 5.87. The Balaban J connectivity index is 2.58. The third-order valence-electron chi connectivity index (χ3n) is 3.02. The van der Waals surface area contributed by atoms with E-state index in [1.54, 1.807) is 19.0 Å². The van der Waals surface area contributed by atoms with Gasteiger partial charge in [0.2, 0.25) is 0 Å². The first kappa shape index (κ1) is 15.0. The summed E-state index contributed by atoms with van der Waals surface area (Å²) < 4.78 is 15.1. The number of phenolic OH excluding ortho intramolecular Hbond substituents is 1. The van der Waals surface area contributed by atoms with E-state index in [4.69, 9.17) is 5.11 Å². The minimum absolute atomic E-state index is 0.0787. The summed E-state index contributed by atoms with van der Waals surface area (Å²) in [6.45, 7) is 0.361. The van der Waals surface area contributed by atoms with Gasteiger partial charge in [-0.2, -0.15) is 5.10 Å². The maximum atomic E-state index is 13.8. The molecule has 2 aromatic rings. The molecule has 0 aliphatic rings. The van der Waals surface area contributed by atoms with Gasteiger partial charge in [0.15, 0.2) is 5.69 Å². The Labute approximate surface area is 121 Å². The van der Waals surface area contributed by atoms with Crippen LogP contribution in [0.5, 0.6) is 5.75 Å². The molecular weight excluding hydrogens is 277 g/mol. The molecule has 1 heterocycles. The third kappa shape index (κ3) is 3.03. The zero-order chi connectivity index (χ0) is 15.7. The highest BCUT2D eigenvalue weighted by Gasteiger charge is 2.18. The molecule has 0 bridgehead atoms. The molecule has 112 valence electrons. The molecule has 1 aromatic heterocycles. The minimum Gasteiger partial charge on any atom is -0.507 e. The van der Waals surface area contributed by atoms with Gasteiger partial charge in [0, 0.05) is 24.7 Å². The van der Waals surface area contributed by atoms with Gasteiger partial charge in [-0.05, 0) is 32.3 Å². The number of aromatic hydroxyl groups is 1. The Kier molecular flexibility index (Phi) is 3.95. The number of carbonyl (C=O) groups is 1. The largest absolute Gasteiger partial charge is 0.507 e. The van der Waals surface area contributed by atoms with Gasteiger partial charge in [-0.25, -0.2) is 9.18 Å². The van der Waals surface area contributed by atoms with Crippen molar-refractivity contribution in [2.24, 2.45) is 7.05 Å². The van der Waals surface area contributed by atoms with Crippen molar-refractivity contribution in [2.75, 3.05) is 14.1 Å². The van der Waals surface area contributed by atoms with E-state index in [-0.39, 0.29) is 17.0 Å². The molecule has 2 N–H and O–H groups in total. The first-order valence-electron chi connectivity index (χ1n) is 6.23. The van der Waals surface area contributed by atoms with Crippen LogP contribution in [-0.2, 0) is 13.6 Å². The average molecular weight is 293 g/mol. The summed E-state index contributed by atoms with van der Waals surface area (Å²) >= 11 is 0. The Morgan fingerprint density at radius 1 is 1.38 bits per heavy atom. The van der Waals surface area contributed by atoms with E-state index in [0.717, 1.165) is 6.07 Å². The minimum atomic E-state index is -1.18. The lowest BCUT2D eigenvalue weighted by Gasteiger charge is -2.14. The predicted molar refractivity (Wildman–Crippen MR) is 74.6 cm³/mol. The molecule has 0 saturated carbocycles. The van der Waals surface area contributed by atoms with E-state index in [1.807, 2.05) is 0 Å². The topological polar surface area (TPSA) is 78.6 Å². The van der Waals surface area contributed by atoms with Crippen molar-refractivity contribution in [3.8, 4) is 17.0 Å². The molecule has 0 atom stereocenters. The molecule has 1 aromatic carbocycles. The van der Waals surface area contributed by atoms with Crippen molar-refractivity contribution < 1.29 is 19.4 Å². The van der Waals surface area contributed by atoms with Crippen LogP contribution in [0.1, 0.15) is 16.1 Å². The van der Waals surface area contributed by atoms with Gasteiger partial charge in [0.05, 0.1) is 5.69 Å². The SMILES string of the molecule is CN(C)Cc1cc(F)cc(-c2cc(C(=O)O)nn2C)c1O. The summed E-state index contributed by atoms with van der Waals surface area (Å²) in [6.07, 6.45) is 0. The summed E-state index contributed by atoms with van der Waals surface area (Å²) in [5, 5.41) is 23.1. The third-order valence-corrected chi connectivity index (χ3v) is 3.02. The lowest BCUT2D eigenvalue weighted by atomic mass is 10.0. The fraction of sp³-hybridized carbons (Fsp3) is 0.286. The van der Waals surface area contributed by atoms with Crippen molar-refractivity contribution in [3.63, 3.8) is 0 Å². The van der Waals surface area contributed by atoms with Crippen molar-refractivity contribution >= 4 is 5.97 Å². The average Bonchev–Trinajstić information content (AvgIpc) is 2.75. The summed E-state index contributed by atoms with van der Waals surface area (Å²) in [5.74, 6) is -1.76. The van der Waals surface area contributed by atoms with Crippen LogP contribution < -0.4 is 0 Å². The molecule has 0 aliphatic carbocycles. The maximum absolute atomic E-state index is 13.8. The second kappa shape index (κ2) is 5.53. The van der Waals surface area contributed by atoms with Crippen LogP contribution >= 0.6 is 0 Å². The second-order valence-electron chi connectivity index (χ2n) is 5.04. The van der Waals surface area contributed by atoms with Crippen LogP contribution in [0.3, 0.4) is 0 Å². The molecule has 0 saturated heterocycles. The fourth-order valence-corrected chi connectivity index (χ4v) is 2.14. The van der Waals surface area contributed by atoms with Gasteiger partial charge in [0.25, 0.3) is 0 Å². The molecule has 0 amide bonds. The molecule has 0 fully saturated rings. The van der Waals surface area contributed by atoms with Crippen LogP contribution in [-0.4, -0.2) is 45.0 Å². The van der Waals surface area contributed by atoms with Crippen molar-refractivity contribution in [1.29, 1.82) is 0 Å². The number of hydrogen-bond acceptors (Lipinski definition) is 4. The number of halogens is 1. The first-order chi connectivity index (χ1) is 9.79. The Hall–Kier alpha value is -2.41. The van der Waals surface area contributed by atoms with Crippen molar-refractivity contribution in [1.82, 2.24) is 14.7 Å². The van der Waals surface area contributed by atoms with Crippen LogP contribution in [0.25, 0.3) is 11.3 Å². The molecule has 0 radical (unpaired) electrons. The molecule has 2 rings (SSSR count). The monoisotopic (exact) mass is 293 g/mol. The van der Waals surface area contributed by atoms with Crippen LogP contribution in [0.2, 0.25) is 0 Å². The fourth-order valence-electron chi connectivity index (χ4n) is 2.14. The van der Waals surface area contributed by atoms with Crippen LogP contribution in [0.15, 0.2) is 18.2 Å². The number of hydrogen-bond donors (Lipinski definition) is 2. The van der Waals surface area contributed by atoms with Crippen LogP contribution in [0.4, 0.5) is 4.39 Å². The molecule has 0 unspecified atom stereocenters. The van der Waals surface area contributed by atoms with E-state index in [9.17, 15) is 14.3 Å². The normalized spacial score (nSPS) is 11.1. The zero-order valence-electron chi connectivity index (χ0n) is 12.0. The van der Waals surface area contributed by atoms with Gasteiger partial charge in [-0.1, -0.05) is 0 Å². The number of phenols is 1. The highest BCUT2D eigenvalue weighted by atomic mass is 19.1. The Morgan fingerprint density at radius 2 is 2.05 bits per heavy atom. The van der Waals surface area contributed by atoms with E-state index in [0.29, 0.717) is 17.8 Å². The first-order valence-corrected chi connectivity index (χ1v) is 6.23. The number of rotatable bonds is 4. The number of aromatic carboxylic acids is 1. The summed E-state index contributed by atoms with van der Waals surface area (Å²) in [5.41, 5.74) is 0.817. The molecule has 0 aliphatic heterocycles. The van der Waals surface area contributed by atoms with E-state index in [1.165, 1.54) is 23.9 Å². The van der Waals surface area contributed by atoms with E-state index < -0.39 is 11.8 Å². The lowest BCUT2D eigenvalue weighted by Crippen LogP contribution is -2.11. The molecule has 6 nitrogen and oxygen atoms in total. The van der Waals surface area contributed by atoms with Crippen LogP contribution in [0, 0.1) is 5.82 Å². The Bertz CT molecular complexity index is 695. The highest BCUT2D eigenvalue weighted by Crippen LogP contribution is 2.34. The Morgan fingerprint density at radius 3 is 2.57 bits per heavy atom.